The molecule has 8 heteroatoms. The highest BCUT2D eigenvalue weighted by atomic mass is 32.2. The standard InChI is InChI=1S/C24H31N3O4S/c1-16(2)15-25-23(28)21-9-6-12-27(21)24(29)19-7-5-8-20(14-19)26-32(30,31)22-13-17(3)10-11-18(22)4/h5,7-8,10-11,13-14,16,21,26H,6,9,12,15H2,1-4H3,(H,25,28). The van der Waals surface area contributed by atoms with E-state index in [9.17, 15) is 18.0 Å². The first kappa shape index (κ1) is 23.8. The molecule has 2 N–H and O–H groups in total. The van der Waals surface area contributed by atoms with E-state index < -0.39 is 16.1 Å². The molecule has 2 aromatic rings. The van der Waals surface area contributed by atoms with Gasteiger partial charge in [-0.2, -0.15) is 0 Å². The Kier molecular flexibility index (Phi) is 7.23. The number of sulfonamides is 1. The van der Waals surface area contributed by atoms with Crippen LogP contribution < -0.4 is 10.0 Å². The zero-order valence-electron chi connectivity index (χ0n) is 19.0. The van der Waals surface area contributed by atoms with E-state index in [1.165, 1.54) is 6.07 Å². The molecule has 1 aliphatic heterocycles. The second kappa shape index (κ2) is 9.73. The van der Waals surface area contributed by atoms with Gasteiger partial charge in [0.05, 0.1) is 4.90 Å². The minimum atomic E-state index is -3.81. The lowest BCUT2D eigenvalue weighted by molar-refractivity contribution is -0.125. The van der Waals surface area contributed by atoms with Crippen molar-refractivity contribution >= 4 is 27.5 Å². The predicted molar refractivity (Wildman–Crippen MR) is 125 cm³/mol. The molecule has 2 amide bonds. The average molecular weight is 458 g/mol. The molecule has 0 spiro atoms. The highest BCUT2D eigenvalue weighted by molar-refractivity contribution is 7.92. The van der Waals surface area contributed by atoms with Gasteiger partial charge in [0, 0.05) is 24.3 Å². The number of aryl methyl sites for hydroxylation is 2. The number of hydrogen-bond donors (Lipinski definition) is 2. The average Bonchev–Trinajstić information content (AvgIpc) is 3.23. The van der Waals surface area contributed by atoms with Crippen molar-refractivity contribution in [3.8, 4) is 0 Å². The van der Waals surface area contributed by atoms with Crippen LogP contribution in [0.15, 0.2) is 47.4 Å². The smallest absolute Gasteiger partial charge is 0.262 e. The number of hydrogen-bond acceptors (Lipinski definition) is 4. The van der Waals surface area contributed by atoms with Gasteiger partial charge in [0.15, 0.2) is 0 Å². The second-order valence-electron chi connectivity index (χ2n) is 8.75. The summed E-state index contributed by atoms with van der Waals surface area (Å²) in [6.07, 6.45) is 1.37. The van der Waals surface area contributed by atoms with Crippen molar-refractivity contribution in [3.63, 3.8) is 0 Å². The molecule has 1 aliphatic rings. The Morgan fingerprint density at radius 2 is 1.88 bits per heavy atom. The van der Waals surface area contributed by atoms with Crippen molar-refractivity contribution in [1.82, 2.24) is 10.2 Å². The van der Waals surface area contributed by atoms with Crippen LogP contribution in [0.5, 0.6) is 0 Å². The molecule has 0 bridgehead atoms. The molecule has 172 valence electrons. The minimum absolute atomic E-state index is 0.142. The van der Waals surface area contributed by atoms with Crippen molar-refractivity contribution in [1.29, 1.82) is 0 Å². The first-order valence-corrected chi connectivity index (χ1v) is 12.4. The zero-order chi connectivity index (χ0) is 23.5. The summed E-state index contributed by atoms with van der Waals surface area (Å²) >= 11 is 0. The van der Waals surface area contributed by atoms with Crippen LogP contribution >= 0.6 is 0 Å². The quantitative estimate of drug-likeness (QED) is 0.665. The Balaban J connectivity index is 1.79. The van der Waals surface area contributed by atoms with Gasteiger partial charge in [-0.1, -0.05) is 32.0 Å². The van der Waals surface area contributed by atoms with Gasteiger partial charge in [0.1, 0.15) is 6.04 Å². The molecule has 1 atom stereocenters. The van der Waals surface area contributed by atoms with Crippen molar-refractivity contribution in [2.24, 2.45) is 5.92 Å². The lowest BCUT2D eigenvalue weighted by atomic mass is 10.1. The Hall–Kier alpha value is -2.87. The summed E-state index contributed by atoms with van der Waals surface area (Å²) in [4.78, 5) is 27.5. The second-order valence-corrected chi connectivity index (χ2v) is 10.4. The van der Waals surface area contributed by atoms with Gasteiger partial charge in [-0.15, -0.1) is 0 Å². The largest absolute Gasteiger partial charge is 0.354 e. The maximum absolute atomic E-state index is 13.2. The first-order valence-electron chi connectivity index (χ1n) is 10.9. The van der Waals surface area contributed by atoms with E-state index in [4.69, 9.17) is 0 Å². The van der Waals surface area contributed by atoms with Gasteiger partial charge in [-0.25, -0.2) is 8.42 Å². The third-order valence-electron chi connectivity index (χ3n) is 5.50. The number of likely N-dealkylation sites (tertiary alicyclic amines) is 1. The summed E-state index contributed by atoms with van der Waals surface area (Å²) in [5.41, 5.74) is 2.13. The van der Waals surface area contributed by atoms with E-state index in [0.29, 0.717) is 42.2 Å². The molecule has 32 heavy (non-hydrogen) atoms. The molecule has 0 aliphatic carbocycles. The highest BCUT2D eigenvalue weighted by Gasteiger charge is 2.34. The lowest BCUT2D eigenvalue weighted by Crippen LogP contribution is -2.46. The number of carbonyl (C=O) groups is 2. The van der Waals surface area contributed by atoms with Crippen LogP contribution in [0.1, 0.15) is 48.2 Å². The van der Waals surface area contributed by atoms with Gasteiger partial charge >= 0.3 is 0 Å². The van der Waals surface area contributed by atoms with E-state index in [0.717, 1.165) is 12.0 Å². The van der Waals surface area contributed by atoms with E-state index in [1.54, 1.807) is 42.2 Å². The third-order valence-corrected chi connectivity index (χ3v) is 7.02. The molecule has 0 radical (unpaired) electrons. The zero-order valence-corrected chi connectivity index (χ0v) is 19.8. The summed E-state index contributed by atoms with van der Waals surface area (Å²) in [6, 6.07) is 11.1. The van der Waals surface area contributed by atoms with Gasteiger partial charge in [0.25, 0.3) is 15.9 Å². The molecule has 1 saturated heterocycles. The number of anilines is 1. The van der Waals surface area contributed by atoms with Gasteiger partial charge in [0.2, 0.25) is 5.91 Å². The number of nitrogens with one attached hydrogen (secondary N) is 2. The molecule has 0 aromatic heterocycles. The molecule has 3 rings (SSSR count). The predicted octanol–water partition coefficient (Wildman–Crippen LogP) is 3.48. The van der Waals surface area contributed by atoms with E-state index in [1.807, 2.05) is 26.8 Å². The van der Waals surface area contributed by atoms with Crippen LogP contribution in [-0.2, 0) is 14.8 Å². The van der Waals surface area contributed by atoms with Crippen molar-refractivity contribution < 1.29 is 18.0 Å². The molecule has 1 fully saturated rings. The van der Waals surface area contributed by atoms with Crippen molar-refractivity contribution in [2.75, 3.05) is 17.8 Å². The fourth-order valence-corrected chi connectivity index (χ4v) is 5.17. The summed E-state index contributed by atoms with van der Waals surface area (Å²) in [6.45, 7) is 8.67. The molecular weight excluding hydrogens is 426 g/mol. The fourth-order valence-electron chi connectivity index (χ4n) is 3.79. The Morgan fingerprint density at radius 3 is 2.59 bits per heavy atom. The molecule has 0 saturated carbocycles. The summed E-state index contributed by atoms with van der Waals surface area (Å²) in [5.74, 6) is -0.0949. The molecule has 2 aromatic carbocycles. The fraction of sp³-hybridized carbons (Fsp3) is 0.417. The number of nitrogens with zero attached hydrogens (tertiary/aromatic N) is 1. The van der Waals surface area contributed by atoms with E-state index in [2.05, 4.69) is 10.0 Å². The van der Waals surface area contributed by atoms with Crippen molar-refractivity contribution in [3.05, 3.63) is 59.2 Å². The van der Waals surface area contributed by atoms with Gasteiger partial charge in [-0.3, -0.25) is 14.3 Å². The Bertz CT molecular complexity index is 1110. The maximum Gasteiger partial charge on any atom is 0.262 e. The number of benzene rings is 2. The number of rotatable bonds is 7. The van der Waals surface area contributed by atoms with E-state index in [-0.39, 0.29) is 16.7 Å². The molecule has 1 heterocycles. The lowest BCUT2D eigenvalue weighted by Gasteiger charge is -2.24. The third kappa shape index (κ3) is 5.48. The molecule has 7 nitrogen and oxygen atoms in total. The van der Waals surface area contributed by atoms with E-state index >= 15 is 0 Å². The van der Waals surface area contributed by atoms with Crippen LogP contribution in [-0.4, -0.2) is 44.3 Å². The SMILES string of the molecule is Cc1ccc(C)c(S(=O)(=O)Nc2cccc(C(=O)N3CCCC3C(=O)NCC(C)C)c2)c1. The summed E-state index contributed by atoms with van der Waals surface area (Å²) in [5, 5.41) is 2.91. The van der Waals surface area contributed by atoms with Crippen LogP contribution in [0.2, 0.25) is 0 Å². The van der Waals surface area contributed by atoms with Crippen LogP contribution in [0, 0.1) is 19.8 Å². The monoisotopic (exact) mass is 457 g/mol. The first-order chi connectivity index (χ1) is 15.1. The molecule has 1 unspecified atom stereocenters. The minimum Gasteiger partial charge on any atom is -0.354 e. The number of amides is 2. The van der Waals surface area contributed by atoms with Crippen molar-refractivity contribution in [2.45, 2.75) is 51.5 Å². The number of carbonyl (C=O) groups excluding carboxylic acids is 2. The van der Waals surface area contributed by atoms with Gasteiger partial charge < -0.3 is 10.2 Å². The summed E-state index contributed by atoms with van der Waals surface area (Å²) in [7, 11) is -3.81. The summed E-state index contributed by atoms with van der Waals surface area (Å²) < 4.78 is 28.4. The normalized spacial score (nSPS) is 16.3. The topological polar surface area (TPSA) is 95.6 Å². The van der Waals surface area contributed by atoms with Gasteiger partial charge in [-0.05, 0) is 68.0 Å². The maximum atomic E-state index is 13.2. The van der Waals surface area contributed by atoms with Crippen LogP contribution in [0.4, 0.5) is 5.69 Å². The highest BCUT2D eigenvalue weighted by Crippen LogP contribution is 2.24. The van der Waals surface area contributed by atoms with Crippen LogP contribution in [0.3, 0.4) is 0 Å². The Labute approximate surface area is 190 Å². The Morgan fingerprint density at radius 1 is 1.12 bits per heavy atom. The molecular formula is C24H31N3O4S. The van der Waals surface area contributed by atoms with Crippen LogP contribution in [0.25, 0.3) is 0 Å².